The van der Waals surface area contributed by atoms with Crippen LogP contribution in [-0.2, 0) is 0 Å². The molecule has 0 saturated carbocycles. The molecule has 0 aliphatic carbocycles. The quantitative estimate of drug-likeness (QED) is 0.391. The largest absolute Gasteiger partial charge is 0.256 e. The Labute approximate surface area is 162 Å². The van der Waals surface area contributed by atoms with Crippen molar-refractivity contribution in [3.63, 3.8) is 0 Å². The van der Waals surface area contributed by atoms with Gasteiger partial charge < -0.3 is 0 Å². The molecule has 0 aliphatic heterocycles. The fourth-order valence-electron chi connectivity index (χ4n) is 2.28. The molecule has 2 heterocycles. The van der Waals surface area contributed by atoms with Crippen molar-refractivity contribution in [1.29, 1.82) is 0 Å². The van der Waals surface area contributed by atoms with Crippen LogP contribution < -0.4 is 0 Å². The van der Waals surface area contributed by atoms with Crippen LogP contribution >= 0.6 is 0 Å². The highest BCUT2D eigenvalue weighted by atomic mass is 14.7. The molecule has 0 bridgehead atoms. The Morgan fingerprint density at radius 3 is 1.11 bits per heavy atom. The van der Waals surface area contributed by atoms with E-state index in [4.69, 9.17) is 0 Å². The van der Waals surface area contributed by atoms with Gasteiger partial charge in [0.05, 0.1) is 11.4 Å². The Balaban J connectivity index is 0.000000170. The molecule has 0 fully saturated rings. The van der Waals surface area contributed by atoms with Gasteiger partial charge in [-0.25, -0.2) is 0 Å². The molecule has 0 atom stereocenters. The average molecular weight is 354 g/mol. The van der Waals surface area contributed by atoms with Crippen LogP contribution in [0.4, 0.5) is 0 Å². The smallest absolute Gasteiger partial charge is 0.0701 e. The van der Waals surface area contributed by atoms with Gasteiger partial charge in [0.2, 0.25) is 0 Å². The summed E-state index contributed by atoms with van der Waals surface area (Å²) < 4.78 is 0. The van der Waals surface area contributed by atoms with E-state index < -0.39 is 0 Å². The Bertz CT molecular complexity index is 696. The first-order valence-electron chi connectivity index (χ1n) is 9.28. The second kappa shape index (κ2) is 12.2. The van der Waals surface area contributed by atoms with Crippen LogP contribution in [-0.4, -0.2) is 9.97 Å². The SMILES string of the molecule is CCC.c1ccc(-c2ccccn2)cc1.c1ccc(-c2ccccn2)cc1. The zero-order valence-electron chi connectivity index (χ0n) is 16.0. The first-order chi connectivity index (χ1) is 13.3. The van der Waals surface area contributed by atoms with Crippen molar-refractivity contribution in [2.75, 3.05) is 0 Å². The number of hydrogen-bond acceptors (Lipinski definition) is 2. The lowest BCUT2D eigenvalue weighted by Gasteiger charge is -1.97. The molecule has 0 amide bonds. The van der Waals surface area contributed by atoms with Crippen LogP contribution in [0.15, 0.2) is 109 Å². The molecular weight excluding hydrogens is 328 g/mol. The van der Waals surface area contributed by atoms with Crippen LogP contribution in [0.5, 0.6) is 0 Å². The maximum Gasteiger partial charge on any atom is 0.0701 e. The summed E-state index contributed by atoms with van der Waals surface area (Å²) in [7, 11) is 0. The van der Waals surface area contributed by atoms with Crippen molar-refractivity contribution in [1.82, 2.24) is 9.97 Å². The summed E-state index contributed by atoms with van der Waals surface area (Å²) in [5.41, 5.74) is 4.38. The Morgan fingerprint density at radius 1 is 0.481 bits per heavy atom. The Hall–Kier alpha value is -3.26. The molecule has 0 saturated heterocycles. The minimum absolute atomic E-state index is 1.03. The van der Waals surface area contributed by atoms with Crippen LogP contribution in [0.1, 0.15) is 20.3 Å². The summed E-state index contributed by atoms with van der Waals surface area (Å²) in [6.45, 7) is 4.25. The van der Waals surface area contributed by atoms with Crippen LogP contribution in [0, 0.1) is 0 Å². The molecule has 2 heteroatoms. The van der Waals surface area contributed by atoms with E-state index in [0.717, 1.165) is 22.5 Å². The van der Waals surface area contributed by atoms with Crippen molar-refractivity contribution in [2.45, 2.75) is 20.3 Å². The first kappa shape index (κ1) is 20.1. The highest BCUT2D eigenvalue weighted by Crippen LogP contribution is 2.15. The van der Waals surface area contributed by atoms with E-state index in [1.165, 1.54) is 6.42 Å². The maximum atomic E-state index is 4.25. The van der Waals surface area contributed by atoms with Gasteiger partial charge >= 0.3 is 0 Å². The summed E-state index contributed by atoms with van der Waals surface area (Å²) in [6.07, 6.45) is 4.87. The minimum Gasteiger partial charge on any atom is -0.256 e. The lowest BCUT2D eigenvalue weighted by molar-refractivity contribution is 1.09. The summed E-state index contributed by atoms with van der Waals surface area (Å²) in [6, 6.07) is 32.2. The Kier molecular flexibility index (Phi) is 9.03. The molecule has 136 valence electrons. The van der Waals surface area contributed by atoms with Crippen molar-refractivity contribution in [2.24, 2.45) is 0 Å². The second-order valence-corrected chi connectivity index (χ2v) is 5.87. The summed E-state index contributed by atoms with van der Waals surface area (Å²) in [5, 5.41) is 0. The van der Waals surface area contributed by atoms with Gasteiger partial charge in [-0.15, -0.1) is 0 Å². The lowest BCUT2D eigenvalue weighted by Crippen LogP contribution is -1.79. The number of rotatable bonds is 2. The number of hydrogen-bond donors (Lipinski definition) is 0. The van der Waals surface area contributed by atoms with Gasteiger partial charge in [0, 0.05) is 23.5 Å². The van der Waals surface area contributed by atoms with E-state index in [0.29, 0.717) is 0 Å². The zero-order valence-corrected chi connectivity index (χ0v) is 16.0. The van der Waals surface area contributed by atoms with Gasteiger partial charge in [0.15, 0.2) is 0 Å². The van der Waals surface area contributed by atoms with E-state index in [2.05, 4.69) is 48.1 Å². The zero-order chi connectivity index (χ0) is 19.2. The number of aromatic nitrogens is 2. The molecule has 2 aromatic carbocycles. The molecule has 4 rings (SSSR count). The van der Waals surface area contributed by atoms with E-state index in [9.17, 15) is 0 Å². The maximum absolute atomic E-state index is 4.25. The number of benzene rings is 2. The van der Waals surface area contributed by atoms with E-state index in [1.54, 1.807) is 0 Å². The van der Waals surface area contributed by atoms with Crippen LogP contribution in [0.25, 0.3) is 22.5 Å². The molecule has 0 aliphatic rings. The monoisotopic (exact) mass is 354 g/mol. The van der Waals surface area contributed by atoms with Gasteiger partial charge in [-0.3, -0.25) is 9.97 Å². The Morgan fingerprint density at radius 2 is 0.815 bits per heavy atom. The summed E-state index contributed by atoms with van der Waals surface area (Å²) >= 11 is 0. The van der Waals surface area contributed by atoms with Crippen LogP contribution in [0.3, 0.4) is 0 Å². The topological polar surface area (TPSA) is 25.8 Å². The molecule has 0 unspecified atom stereocenters. The van der Waals surface area contributed by atoms with Crippen molar-refractivity contribution in [3.8, 4) is 22.5 Å². The van der Waals surface area contributed by atoms with Crippen molar-refractivity contribution in [3.05, 3.63) is 109 Å². The fourth-order valence-corrected chi connectivity index (χ4v) is 2.28. The number of pyridine rings is 2. The molecule has 4 aromatic rings. The van der Waals surface area contributed by atoms with Crippen molar-refractivity contribution < 1.29 is 0 Å². The van der Waals surface area contributed by atoms with E-state index in [-0.39, 0.29) is 0 Å². The van der Waals surface area contributed by atoms with E-state index in [1.807, 2.05) is 85.2 Å². The summed E-state index contributed by atoms with van der Waals surface area (Å²) in [5.74, 6) is 0. The highest BCUT2D eigenvalue weighted by Gasteiger charge is 1.94. The predicted octanol–water partition coefficient (Wildman–Crippen LogP) is 6.91. The van der Waals surface area contributed by atoms with Gasteiger partial charge in [0.25, 0.3) is 0 Å². The normalized spacial score (nSPS) is 9.26. The average Bonchev–Trinajstić information content (AvgIpc) is 2.77. The second-order valence-electron chi connectivity index (χ2n) is 5.87. The third kappa shape index (κ3) is 7.25. The van der Waals surface area contributed by atoms with Gasteiger partial charge in [0.1, 0.15) is 0 Å². The molecule has 0 N–H and O–H groups in total. The molecule has 2 nitrogen and oxygen atoms in total. The minimum atomic E-state index is 1.03. The van der Waals surface area contributed by atoms with Gasteiger partial charge in [-0.05, 0) is 24.3 Å². The number of nitrogens with zero attached hydrogens (tertiary/aromatic N) is 2. The van der Waals surface area contributed by atoms with E-state index >= 15 is 0 Å². The fraction of sp³-hybridized carbons (Fsp3) is 0.120. The molecule has 2 aromatic heterocycles. The van der Waals surface area contributed by atoms with Crippen molar-refractivity contribution >= 4 is 0 Å². The molecule has 0 spiro atoms. The molecule has 27 heavy (non-hydrogen) atoms. The lowest BCUT2D eigenvalue weighted by atomic mass is 10.1. The molecular formula is C25H26N2. The first-order valence-corrected chi connectivity index (χ1v) is 9.28. The van der Waals surface area contributed by atoms with Gasteiger partial charge in [-0.1, -0.05) is 93.1 Å². The standard InChI is InChI=1S/2C11H9N.C3H8/c2*1-2-6-10(7-3-1)11-8-4-5-9-12-11;1-3-2/h2*1-9H;3H2,1-2H3. The highest BCUT2D eigenvalue weighted by molar-refractivity contribution is 5.58. The van der Waals surface area contributed by atoms with Crippen LogP contribution in [0.2, 0.25) is 0 Å². The third-order valence-electron chi connectivity index (χ3n) is 3.47. The third-order valence-corrected chi connectivity index (χ3v) is 3.47. The predicted molar refractivity (Wildman–Crippen MR) is 115 cm³/mol. The van der Waals surface area contributed by atoms with Gasteiger partial charge in [-0.2, -0.15) is 0 Å². The molecule has 0 radical (unpaired) electrons. The summed E-state index contributed by atoms with van der Waals surface area (Å²) in [4.78, 5) is 8.50.